The van der Waals surface area contributed by atoms with E-state index in [0.717, 1.165) is 12.1 Å². The van der Waals surface area contributed by atoms with Crippen LogP contribution < -0.4 is 9.62 Å². The van der Waals surface area contributed by atoms with E-state index in [-0.39, 0.29) is 48.7 Å². The van der Waals surface area contributed by atoms with Crippen LogP contribution in [0.1, 0.15) is 58.3 Å². The molecule has 43 heavy (non-hydrogen) atoms. The van der Waals surface area contributed by atoms with Gasteiger partial charge in [-0.1, -0.05) is 17.9 Å². The van der Waals surface area contributed by atoms with Crippen molar-refractivity contribution >= 4 is 27.7 Å². The molecule has 0 unspecified atom stereocenters. The van der Waals surface area contributed by atoms with E-state index >= 15 is 0 Å². The van der Waals surface area contributed by atoms with Gasteiger partial charge in [-0.15, -0.1) is 10.2 Å². The van der Waals surface area contributed by atoms with Crippen molar-refractivity contribution in [2.24, 2.45) is 0 Å². The maximum absolute atomic E-state index is 13.6. The van der Waals surface area contributed by atoms with Crippen LogP contribution >= 0.6 is 0 Å². The van der Waals surface area contributed by atoms with Crippen molar-refractivity contribution < 1.29 is 36.3 Å². The molecule has 1 fully saturated rings. The highest BCUT2D eigenvalue weighted by Gasteiger charge is 2.33. The van der Waals surface area contributed by atoms with Crippen LogP contribution in [-0.2, 0) is 16.2 Å². The standard InChI is InChI=1S/C29H28F3N5O5S/c1-28(2,3)43(41,42)35-26(39)24-9-10-25(34-33-24)36-11-13-37(14-12-36)27(40)21-15-20(16-22(18-21)29(30,31)32)8-7-19-5-4-6-23(38)17-19/h4-6,9-10,15-18,38H,11-14H2,1-3H3,(H,35,39). The molecule has 10 nitrogen and oxygen atoms in total. The number of anilines is 1. The fourth-order valence-electron chi connectivity index (χ4n) is 3.98. The number of carbonyl (C=O) groups is 2. The van der Waals surface area contributed by atoms with E-state index in [1.54, 1.807) is 17.0 Å². The van der Waals surface area contributed by atoms with Crippen molar-refractivity contribution in [1.29, 1.82) is 0 Å². The zero-order valence-electron chi connectivity index (χ0n) is 23.4. The molecule has 0 aliphatic carbocycles. The van der Waals surface area contributed by atoms with Crippen LogP contribution in [0.25, 0.3) is 0 Å². The Hall–Kier alpha value is -4.64. The number of hydrogen-bond acceptors (Lipinski definition) is 8. The number of alkyl halides is 3. The average Bonchev–Trinajstić information content (AvgIpc) is 2.94. The maximum Gasteiger partial charge on any atom is 0.416 e. The topological polar surface area (TPSA) is 133 Å². The molecule has 0 atom stereocenters. The smallest absolute Gasteiger partial charge is 0.416 e. The van der Waals surface area contributed by atoms with Gasteiger partial charge in [0.15, 0.2) is 11.5 Å². The summed E-state index contributed by atoms with van der Waals surface area (Å²) in [5.74, 6) is 4.17. The number of benzene rings is 2. The number of phenols is 1. The summed E-state index contributed by atoms with van der Waals surface area (Å²) < 4.78 is 66.2. The Morgan fingerprint density at radius 2 is 1.58 bits per heavy atom. The third kappa shape index (κ3) is 7.61. The fourth-order valence-corrected chi connectivity index (χ4v) is 4.63. The molecule has 0 bridgehead atoms. The zero-order chi connectivity index (χ0) is 31.6. The molecular formula is C29H28F3N5O5S. The second-order valence-electron chi connectivity index (χ2n) is 10.7. The number of hydrogen-bond donors (Lipinski definition) is 2. The highest BCUT2D eigenvalue weighted by Crippen LogP contribution is 2.31. The van der Waals surface area contributed by atoms with E-state index in [4.69, 9.17) is 0 Å². The molecule has 0 saturated carbocycles. The van der Waals surface area contributed by atoms with Crippen molar-refractivity contribution in [1.82, 2.24) is 19.8 Å². The average molecular weight is 616 g/mol. The van der Waals surface area contributed by atoms with Crippen LogP contribution in [0.4, 0.5) is 19.0 Å². The van der Waals surface area contributed by atoms with Crippen molar-refractivity contribution in [2.75, 3.05) is 31.1 Å². The Labute approximate surface area is 246 Å². The van der Waals surface area contributed by atoms with Gasteiger partial charge in [0.2, 0.25) is 10.0 Å². The van der Waals surface area contributed by atoms with Gasteiger partial charge in [0.05, 0.1) is 10.3 Å². The van der Waals surface area contributed by atoms with Crippen LogP contribution in [-0.4, -0.2) is 71.4 Å². The normalized spacial score (nSPS) is 14.1. The predicted molar refractivity (Wildman–Crippen MR) is 152 cm³/mol. The number of rotatable bonds is 4. The van der Waals surface area contributed by atoms with Gasteiger partial charge in [0, 0.05) is 42.9 Å². The van der Waals surface area contributed by atoms with Gasteiger partial charge in [-0.05, 0) is 69.3 Å². The van der Waals surface area contributed by atoms with Gasteiger partial charge in [-0.2, -0.15) is 13.2 Å². The monoisotopic (exact) mass is 615 g/mol. The van der Waals surface area contributed by atoms with Crippen LogP contribution in [0.15, 0.2) is 54.6 Å². The highest BCUT2D eigenvalue weighted by atomic mass is 32.2. The van der Waals surface area contributed by atoms with E-state index in [0.29, 0.717) is 11.4 Å². The second-order valence-corrected chi connectivity index (χ2v) is 13.1. The van der Waals surface area contributed by atoms with Gasteiger partial charge in [-0.25, -0.2) is 13.1 Å². The zero-order valence-corrected chi connectivity index (χ0v) is 24.3. The number of aromatic nitrogens is 2. The van der Waals surface area contributed by atoms with Crippen molar-refractivity contribution in [3.63, 3.8) is 0 Å². The molecule has 2 heterocycles. The van der Waals surface area contributed by atoms with E-state index in [9.17, 15) is 36.3 Å². The quantitative estimate of drug-likeness (QED) is 0.427. The number of aromatic hydroxyl groups is 1. The lowest BCUT2D eigenvalue weighted by molar-refractivity contribution is -0.137. The number of phenolic OH excluding ortho intramolecular Hbond substituents is 1. The summed E-state index contributed by atoms with van der Waals surface area (Å²) in [5.41, 5.74) is -0.975. The van der Waals surface area contributed by atoms with Gasteiger partial charge in [-0.3, -0.25) is 9.59 Å². The first-order valence-corrected chi connectivity index (χ1v) is 14.5. The number of halogens is 3. The summed E-state index contributed by atoms with van der Waals surface area (Å²) >= 11 is 0. The van der Waals surface area contributed by atoms with Crippen molar-refractivity contribution in [3.05, 3.63) is 82.5 Å². The second kappa shape index (κ2) is 11.9. The summed E-state index contributed by atoms with van der Waals surface area (Å²) in [6.07, 6.45) is -4.70. The Kier molecular flexibility index (Phi) is 8.68. The number of sulfonamides is 1. The maximum atomic E-state index is 13.6. The molecule has 2 N–H and O–H groups in total. The summed E-state index contributed by atoms with van der Waals surface area (Å²) in [6, 6.07) is 11.7. The SMILES string of the molecule is CC(C)(C)S(=O)(=O)NC(=O)c1ccc(N2CCN(C(=O)c3cc(C#Cc4cccc(O)c4)cc(C(F)(F)F)c3)CC2)nn1. The molecule has 14 heteroatoms. The minimum Gasteiger partial charge on any atom is -0.508 e. The minimum absolute atomic E-state index is 0.00476. The summed E-state index contributed by atoms with van der Waals surface area (Å²) in [5, 5.41) is 17.4. The van der Waals surface area contributed by atoms with Crippen LogP contribution in [0, 0.1) is 11.8 Å². The minimum atomic E-state index is -4.70. The first-order valence-electron chi connectivity index (χ1n) is 13.0. The van der Waals surface area contributed by atoms with Crippen LogP contribution in [0.3, 0.4) is 0 Å². The molecule has 4 rings (SSSR count). The molecule has 226 valence electrons. The first kappa shape index (κ1) is 31.3. The molecule has 1 aromatic heterocycles. The largest absolute Gasteiger partial charge is 0.508 e. The number of amides is 2. The summed E-state index contributed by atoms with van der Waals surface area (Å²) in [7, 11) is -3.94. The third-order valence-electron chi connectivity index (χ3n) is 6.51. The molecule has 1 saturated heterocycles. The van der Waals surface area contributed by atoms with Crippen LogP contribution in [0.5, 0.6) is 5.75 Å². The lowest BCUT2D eigenvalue weighted by atomic mass is 10.0. The number of carbonyl (C=O) groups excluding carboxylic acids is 2. The Morgan fingerprint density at radius 1 is 0.907 bits per heavy atom. The van der Waals surface area contributed by atoms with Gasteiger partial charge < -0.3 is 14.9 Å². The van der Waals surface area contributed by atoms with E-state index in [2.05, 4.69) is 22.0 Å². The van der Waals surface area contributed by atoms with Gasteiger partial charge in [0.25, 0.3) is 11.8 Å². The molecule has 2 amide bonds. The Balaban J connectivity index is 1.45. The molecule has 3 aromatic rings. The molecule has 0 spiro atoms. The molecule has 2 aromatic carbocycles. The third-order valence-corrected chi connectivity index (χ3v) is 8.58. The van der Waals surface area contributed by atoms with Crippen molar-refractivity contribution in [3.8, 4) is 17.6 Å². The van der Waals surface area contributed by atoms with Crippen LogP contribution in [0.2, 0.25) is 0 Å². The number of piperazine rings is 1. The van der Waals surface area contributed by atoms with Gasteiger partial charge >= 0.3 is 6.18 Å². The predicted octanol–water partition coefficient (Wildman–Crippen LogP) is 3.42. The van der Waals surface area contributed by atoms with E-state index in [1.165, 1.54) is 56.0 Å². The lowest BCUT2D eigenvalue weighted by Gasteiger charge is -2.35. The molecule has 1 aliphatic heterocycles. The number of nitrogens with zero attached hydrogens (tertiary/aromatic N) is 4. The Morgan fingerprint density at radius 3 is 2.16 bits per heavy atom. The summed E-state index contributed by atoms with van der Waals surface area (Å²) in [6.45, 7) is 5.25. The van der Waals surface area contributed by atoms with E-state index < -0.39 is 38.3 Å². The molecular weight excluding hydrogens is 587 g/mol. The van der Waals surface area contributed by atoms with Crippen molar-refractivity contribution in [2.45, 2.75) is 31.7 Å². The molecule has 1 aliphatic rings. The fraction of sp³-hybridized carbons (Fsp3) is 0.310. The number of nitrogens with one attached hydrogen (secondary N) is 1. The highest BCUT2D eigenvalue weighted by molar-refractivity contribution is 7.91. The van der Waals surface area contributed by atoms with Gasteiger partial charge in [0.1, 0.15) is 5.75 Å². The Bertz CT molecular complexity index is 1700. The van der Waals surface area contributed by atoms with E-state index in [1.807, 2.05) is 4.72 Å². The summed E-state index contributed by atoms with van der Waals surface area (Å²) in [4.78, 5) is 28.8. The first-order chi connectivity index (χ1) is 20.0. The lowest BCUT2D eigenvalue weighted by Crippen LogP contribution is -2.49. The molecule has 0 radical (unpaired) electrons.